The lowest BCUT2D eigenvalue weighted by atomic mass is 10.2. The Morgan fingerprint density at radius 2 is 2.12 bits per heavy atom. The standard InChI is InChI=1S/C19H23ClN4O/c1-3-12-25-17-7-5-4-6-16(17)14-24-19(21-2)22-11-10-15-8-9-18(20)23-13-15/h3-9,13H,1,10-12,14H2,2H3,(H2,21,22,24). The molecule has 2 N–H and O–H groups in total. The lowest BCUT2D eigenvalue weighted by molar-refractivity contribution is 0.358. The van der Waals surface area contributed by atoms with Gasteiger partial charge in [0.25, 0.3) is 0 Å². The topological polar surface area (TPSA) is 58.5 Å². The van der Waals surface area contributed by atoms with Gasteiger partial charge in [0.2, 0.25) is 0 Å². The SMILES string of the molecule is C=CCOc1ccccc1CNC(=NC)NCCc1ccc(Cl)nc1. The van der Waals surface area contributed by atoms with Crippen LogP contribution in [0.1, 0.15) is 11.1 Å². The second-order valence-electron chi connectivity index (χ2n) is 5.30. The Kier molecular flexibility index (Phi) is 7.79. The van der Waals surface area contributed by atoms with Crippen molar-refractivity contribution >= 4 is 17.6 Å². The summed E-state index contributed by atoms with van der Waals surface area (Å²) in [6, 6.07) is 11.7. The van der Waals surface area contributed by atoms with E-state index in [0.717, 1.165) is 35.8 Å². The second-order valence-corrected chi connectivity index (χ2v) is 5.69. The van der Waals surface area contributed by atoms with Gasteiger partial charge in [-0.3, -0.25) is 4.99 Å². The molecule has 0 saturated carbocycles. The fourth-order valence-electron chi connectivity index (χ4n) is 2.22. The molecule has 25 heavy (non-hydrogen) atoms. The van der Waals surface area contributed by atoms with Crippen LogP contribution in [0.2, 0.25) is 5.15 Å². The second kappa shape index (κ2) is 10.4. The minimum absolute atomic E-state index is 0.485. The molecule has 0 bridgehead atoms. The molecule has 0 spiro atoms. The van der Waals surface area contributed by atoms with Gasteiger partial charge in [-0.25, -0.2) is 4.98 Å². The molecule has 0 fully saturated rings. The third-order valence-corrected chi connectivity index (χ3v) is 3.72. The van der Waals surface area contributed by atoms with E-state index in [1.807, 2.05) is 30.3 Å². The number of ether oxygens (including phenoxy) is 1. The van der Waals surface area contributed by atoms with E-state index in [9.17, 15) is 0 Å². The average Bonchev–Trinajstić information content (AvgIpc) is 2.65. The molecule has 1 heterocycles. The van der Waals surface area contributed by atoms with Crippen molar-refractivity contribution in [3.05, 3.63) is 71.5 Å². The van der Waals surface area contributed by atoms with Gasteiger partial charge in [-0.2, -0.15) is 0 Å². The zero-order chi connectivity index (χ0) is 17.9. The Hall–Kier alpha value is -2.53. The molecular formula is C19H23ClN4O. The van der Waals surface area contributed by atoms with Crippen LogP contribution in [-0.2, 0) is 13.0 Å². The highest BCUT2D eigenvalue weighted by Crippen LogP contribution is 2.17. The number of hydrogen-bond donors (Lipinski definition) is 2. The summed E-state index contributed by atoms with van der Waals surface area (Å²) in [5.41, 5.74) is 2.18. The quantitative estimate of drug-likeness (QED) is 0.329. The van der Waals surface area contributed by atoms with Crippen LogP contribution in [0.4, 0.5) is 0 Å². The highest BCUT2D eigenvalue weighted by Gasteiger charge is 2.04. The molecule has 0 unspecified atom stereocenters. The number of halogens is 1. The van der Waals surface area contributed by atoms with Crippen LogP contribution < -0.4 is 15.4 Å². The molecular weight excluding hydrogens is 336 g/mol. The first-order valence-electron chi connectivity index (χ1n) is 8.09. The molecule has 5 nitrogen and oxygen atoms in total. The number of benzene rings is 1. The van der Waals surface area contributed by atoms with Crippen LogP contribution in [0.25, 0.3) is 0 Å². The minimum atomic E-state index is 0.485. The van der Waals surface area contributed by atoms with Crippen molar-refractivity contribution < 1.29 is 4.74 Å². The van der Waals surface area contributed by atoms with E-state index in [1.54, 1.807) is 25.4 Å². The number of hydrogen-bond acceptors (Lipinski definition) is 3. The van der Waals surface area contributed by atoms with Crippen molar-refractivity contribution in [3.8, 4) is 5.75 Å². The molecule has 132 valence electrons. The van der Waals surface area contributed by atoms with Gasteiger partial charge in [-0.15, -0.1) is 0 Å². The molecule has 1 aromatic carbocycles. The number of pyridine rings is 1. The van der Waals surface area contributed by atoms with E-state index < -0.39 is 0 Å². The van der Waals surface area contributed by atoms with E-state index >= 15 is 0 Å². The summed E-state index contributed by atoms with van der Waals surface area (Å²) in [5.74, 6) is 1.58. The third kappa shape index (κ3) is 6.47. The van der Waals surface area contributed by atoms with Crippen molar-refractivity contribution in [1.82, 2.24) is 15.6 Å². The van der Waals surface area contributed by atoms with Crippen molar-refractivity contribution in [2.75, 3.05) is 20.2 Å². The summed E-state index contributed by atoms with van der Waals surface area (Å²) in [4.78, 5) is 8.32. The first-order valence-corrected chi connectivity index (χ1v) is 8.47. The van der Waals surface area contributed by atoms with E-state index in [4.69, 9.17) is 16.3 Å². The fourth-order valence-corrected chi connectivity index (χ4v) is 2.33. The van der Waals surface area contributed by atoms with Gasteiger partial charge in [0.15, 0.2) is 5.96 Å². The first-order chi connectivity index (χ1) is 12.2. The zero-order valence-corrected chi connectivity index (χ0v) is 15.1. The monoisotopic (exact) mass is 358 g/mol. The van der Waals surface area contributed by atoms with Crippen molar-refractivity contribution in [2.24, 2.45) is 4.99 Å². The Morgan fingerprint density at radius 3 is 2.84 bits per heavy atom. The summed E-state index contributed by atoms with van der Waals surface area (Å²) >= 11 is 5.79. The van der Waals surface area contributed by atoms with Crippen LogP contribution in [0.3, 0.4) is 0 Å². The third-order valence-electron chi connectivity index (χ3n) is 3.49. The summed E-state index contributed by atoms with van der Waals surface area (Å²) < 4.78 is 5.66. The maximum atomic E-state index is 5.79. The molecule has 0 radical (unpaired) electrons. The van der Waals surface area contributed by atoms with E-state index in [-0.39, 0.29) is 0 Å². The van der Waals surface area contributed by atoms with Crippen LogP contribution in [0, 0.1) is 0 Å². The number of para-hydroxylation sites is 1. The van der Waals surface area contributed by atoms with Crippen LogP contribution in [0.15, 0.2) is 60.2 Å². The summed E-state index contributed by atoms with van der Waals surface area (Å²) in [7, 11) is 1.75. The van der Waals surface area contributed by atoms with Gasteiger partial charge >= 0.3 is 0 Å². The van der Waals surface area contributed by atoms with Crippen LogP contribution >= 0.6 is 11.6 Å². The lowest BCUT2D eigenvalue weighted by Gasteiger charge is -2.14. The number of nitrogens with one attached hydrogen (secondary N) is 2. The zero-order valence-electron chi connectivity index (χ0n) is 14.3. The number of aliphatic imine (C=N–C) groups is 1. The molecule has 0 atom stereocenters. The van der Waals surface area contributed by atoms with Gasteiger partial charge in [0.05, 0.1) is 0 Å². The number of nitrogens with zero attached hydrogens (tertiary/aromatic N) is 2. The molecule has 6 heteroatoms. The molecule has 0 aliphatic heterocycles. The molecule has 0 aliphatic rings. The normalized spacial score (nSPS) is 11.0. The van der Waals surface area contributed by atoms with Crippen molar-refractivity contribution in [3.63, 3.8) is 0 Å². The number of aromatic nitrogens is 1. The van der Waals surface area contributed by atoms with E-state index in [2.05, 4.69) is 27.2 Å². The van der Waals surface area contributed by atoms with E-state index in [1.165, 1.54) is 0 Å². The molecule has 1 aromatic heterocycles. The maximum absolute atomic E-state index is 5.79. The lowest BCUT2D eigenvalue weighted by Crippen LogP contribution is -2.37. The Morgan fingerprint density at radius 1 is 1.28 bits per heavy atom. The highest BCUT2D eigenvalue weighted by molar-refractivity contribution is 6.29. The summed E-state index contributed by atoms with van der Waals surface area (Å²) in [6.45, 7) is 5.53. The van der Waals surface area contributed by atoms with Crippen LogP contribution in [0.5, 0.6) is 5.75 Å². The predicted molar refractivity (Wildman–Crippen MR) is 103 cm³/mol. The Balaban J connectivity index is 1.82. The van der Waals surface area contributed by atoms with Gasteiger partial charge in [-0.1, -0.05) is 48.5 Å². The van der Waals surface area contributed by atoms with E-state index in [0.29, 0.717) is 18.3 Å². The van der Waals surface area contributed by atoms with Crippen molar-refractivity contribution in [2.45, 2.75) is 13.0 Å². The minimum Gasteiger partial charge on any atom is -0.489 e. The molecule has 0 amide bonds. The summed E-state index contributed by atoms with van der Waals surface area (Å²) in [6.07, 6.45) is 4.35. The smallest absolute Gasteiger partial charge is 0.191 e. The summed E-state index contributed by atoms with van der Waals surface area (Å²) in [5, 5.41) is 7.09. The van der Waals surface area contributed by atoms with Gasteiger partial charge in [0, 0.05) is 31.9 Å². The Bertz CT molecular complexity index is 701. The maximum Gasteiger partial charge on any atom is 0.191 e. The predicted octanol–water partition coefficient (Wildman–Crippen LogP) is 3.21. The number of guanidine groups is 1. The highest BCUT2D eigenvalue weighted by atomic mass is 35.5. The van der Waals surface area contributed by atoms with Gasteiger partial charge in [-0.05, 0) is 24.1 Å². The molecule has 2 rings (SSSR count). The average molecular weight is 359 g/mol. The van der Waals surface area contributed by atoms with Gasteiger partial charge in [0.1, 0.15) is 17.5 Å². The van der Waals surface area contributed by atoms with Crippen molar-refractivity contribution in [1.29, 1.82) is 0 Å². The molecule has 0 saturated heterocycles. The fraction of sp³-hybridized carbons (Fsp3) is 0.263. The molecule has 0 aliphatic carbocycles. The number of rotatable bonds is 8. The van der Waals surface area contributed by atoms with Gasteiger partial charge < -0.3 is 15.4 Å². The largest absolute Gasteiger partial charge is 0.489 e. The first kappa shape index (κ1) is 18.8. The Labute approximate surface area is 153 Å². The molecule has 2 aromatic rings. The van der Waals surface area contributed by atoms with Crippen LogP contribution in [-0.4, -0.2) is 31.1 Å².